The number of fused-ring (bicyclic) bond motifs is 1. The number of para-hydroxylation sites is 1. The van der Waals surface area contributed by atoms with E-state index in [1.54, 1.807) is 12.4 Å². The largest absolute Gasteiger partial charge is 0.265 e. The van der Waals surface area contributed by atoms with E-state index in [1.165, 1.54) is 0 Å². The van der Waals surface area contributed by atoms with Crippen molar-refractivity contribution in [3.63, 3.8) is 0 Å². The number of halogens is 1. The molecule has 0 unspecified atom stereocenters. The van der Waals surface area contributed by atoms with Gasteiger partial charge in [-0.3, -0.25) is 9.67 Å². The van der Waals surface area contributed by atoms with Gasteiger partial charge in [-0.05, 0) is 29.8 Å². The molecule has 0 saturated carbocycles. The highest BCUT2D eigenvalue weighted by Crippen LogP contribution is 2.22. The van der Waals surface area contributed by atoms with Crippen molar-refractivity contribution in [2.45, 2.75) is 6.54 Å². The molecule has 4 heteroatoms. The number of aromatic nitrogens is 3. The van der Waals surface area contributed by atoms with E-state index in [-0.39, 0.29) is 0 Å². The minimum Gasteiger partial charge on any atom is -0.265 e. The van der Waals surface area contributed by atoms with Crippen LogP contribution in [0.1, 0.15) is 5.56 Å². The average molecular weight is 244 g/mol. The van der Waals surface area contributed by atoms with Gasteiger partial charge in [-0.15, -0.1) is 0 Å². The zero-order chi connectivity index (χ0) is 11.7. The molecule has 3 nitrogen and oxygen atoms in total. The number of pyridine rings is 1. The van der Waals surface area contributed by atoms with Crippen molar-refractivity contribution < 1.29 is 0 Å². The van der Waals surface area contributed by atoms with Crippen LogP contribution >= 0.6 is 11.6 Å². The average Bonchev–Trinajstić information content (AvgIpc) is 2.69. The van der Waals surface area contributed by atoms with Gasteiger partial charge < -0.3 is 0 Å². The SMILES string of the molecule is Clc1nn(Cc2ccncc2)c2ccccc12. The van der Waals surface area contributed by atoms with Crippen LogP contribution in [0.4, 0.5) is 0 Å². The summed E-state index contributed by atoms with van der Waals surface area (Å²) in [5.41, 5.74) is 2.21. The highest BCUT2D eigenvalue weighted by molar-refractivity contribution is 6.34. The minimum atomic E-state index is 0.551. The molecule has 0 fully saturated rings. The lowest BCUT2D eigenvalue weighted by molar-refractivity contribution is 0.711. The number of rotatable bonds is 2. The van der Waals surface area contributed by atoms with Gasteiger partial charge in [0.15, 0.2) is 5.15 Å². The van der Waals surface area contributed by atoms with Crippen LogP contribution in [0, 0.1) is 0 Å². The van der Waals surface area contributed by atoms with Gasteiger partial charge in [-0.25, -0.2) is 0 Å². The van der Waals surface area contributed by atoms with Crippen molar-refractivity contribution in [1.82, 2.24) is 14.8 Å². The lowest BCUT2D eigenvalue weighted by Crippen LogP contribution is -2.01. The normalized spacial score (nSPS) is 10.9. The summed E-state index contributed by atoms with van der Waals surface area (Å²) in [5, 5.41) is 5.89. The van der Waals surface area contributed by atoms with Crippen LogP contribution in [0.3, 0.4) is 0 Å². The van der Waals surface area contributed by atoms with Crippen LogP contribution in [-0.2, 0) is 6.54 Å². The van der Waals surface area contributed by atoms with Crippen LogP contribution in [0.5, 0.6) is 0 Å². The Labute approximate surface area is 104 Å². The number of hydrogen-bond acceptors (Lipinski definition) is 2. The molecule has 0 aliphatic rings. The summed E-state index contributed by atoms with van der Waals surface area (Å²) in [6.07, 6.45) is 3.56. The third kappa shape index (κ3) is 1.89. The predicted octanol–water partition coefficient (Wildman–Crippen LogP) is 3.13. The number of benzene rings is 1. The second kappa shape index (κ2) is 4.18. The van der Waals surface area contributed by atoms with Crippen molar-refractivity contribution in [3.05, 3.63) is 59.5 Å². The topological polar surface area (TPSA) is 30.7 Å². The van der Waals surface area contributed by atoms with Crippen molar-refractivity contribution in [2.24, 2.45) is 0 Å². The summed E-state index contributed by atoms with van der Waals surface area (Å²) in [6, 6.07) is 11.9. The second-order valence-electron chi connectivity index (χ2n) is 3.82. The Hall–Kier alpha value is -1.87. The van der Waals surface area contributed by atoms with Crippen LogP contribution in [0.2, 0.25) is 5.15 Å². The number of hydrogen-bond donors (Lipinski definition) is 0. The predicted molar refractivity (Wildman–Crippen MR) is 68.1 cm³/mol. The summed E-state index contributed by atoms with van der Waals surface area (Å²) >= 11 is 6.10. The second-order valence-corrected chi connectivity index (χ2v) is 4.18. The Morgan fingerprint density at radius 2 is 1.82 bits per heavy atom. The van der Waals surface area contributed by atoms with Gasteiger partial charge in [0.25, 0.3) is 0 Å². The molecular weight excluding hydrogens is 234 g/mol. The maximum absolute atomic E-state index is 6.10. The number of nitrogens with zero attached hydrogens (tertiary/aromatic N) is 3. The van der Waals surface area contributed by atoms with Gasteiger partial charge >= 0.3 is 0 Å². The maximum Gasteiger partial charge on any atom is 0.158 e. The van der Waals surface area contributed by atoms with Gasteiger partial charge in [0.1, 0.15) is 0 Å². The van der Waals surface area contributed by atoms with Gasteiger partial charge in [0.2, 0.25) is 0 Å². The maximum atomic E-state index is 6.10. The molecule has 0 radical (unpaired) electrons. The third-order valence-electron chi connectivity index (χ3n) is 2.69. The summed E-state index contributed by atoms with van der Waals surface area (Å²) < 4.78 is 1.91. The standard InChI is InChI=1S/C13H10ClN3/c14-13-11-3-1-2-4-12(11)17(16-13)9-10-5-7-15-8-6-10/h1-8H,9H2. The zero-order valence-corrected chi connectivity index (χ0v) is 9.80. The van der Waals surface area contributed by atoms with Gasteiger partial charge in [0.05, 0.1) is 12.1 Å². The summed E-state index contributed by atoms with van der Waals surface area (Å²) in [7, 11) is 0. The first-order chi connectivity index (χ1) is 8.34. The molecule has 3 rings (SSSR count). The van der Waals surface area contributed by atoms with Gasteiger partial charge in [-0.1, -0.05) is 23.7 Å². The smallest absolute Gasteiger partial charge is 0.158 e. The summed E-state index contributed by atoms with van der Waals surface area (Å²) in [5.74, 6) is 0. The van der Waals surface area contributed by atoms with E-state index < -0.39 is 0 Å². The van der Waals surface area contributed by atoms with Crippen molar-refractivity contribution in [1.29, 1.82) is 0 Å². The highest BCUT2D eigenvalue weighted by Gasteiger charge is 2.07. The molecule has 0 bridgehead atoms. The van der Waals surface area contributed by atoms with E-state index in [4.69, 9.17) is 11.6 Å². The monoisotopic (exact) mass is 243 g/mol. The van der Waals surface area contributed by atoms with Crippen LogP contribution < -0.4 is 0 Å². The molecule has 0 atom stereocenters. The molecule has 1 aromatic carbocycles. The fourth-order valence-electron chi connectivity index (χ4n) is 1.87. The molecule has 17 heavy (non-hydrogen) atoms. The summed E-state index contributed by atoms with van der Waals surface area (Å²) in [4.78, 5) is 4.00. The van der Waals surface area contributed by atoms with E-state index in [0.717, 1.165) is 16.5 Å². The molecule has 0 spiro atoms. The molecule has 0 N–H and O–H groups in total. The van der Waals surface area contributed by atoms with E-state index in [0.29, 0.717) is 11.7 Å². The van der Waals surface area contributed by atoms with Crippen molar-refractivity contribution >= 4 is 22.5 Å². The van der Waals surface area contributed by atoms with Crippen LogP contribution in [0.25, 0.3) is 10.9 Å². The molecule has 2 heterocycles. The Balaban J connectivity index is 2.07. The van der Waals surface area contributed by atoms with Gasteiger partial charge in [-0.2, -0.15) is 5.10 Å². The molecule has 0 aliphatic carbocycles. The molecule has 3 aromatic rings. The quantitative estimate of drug-likeness (QED) is 0.692. The van der Waals surface area contributed by atoms with E-state index in [1.807, 2.05) is 41.1 Å². The molecule has 2 aromatic heterocycles. The molecule has 84 valence electrons. The van der Waals surface area contributed by atoms with E-state index in [9.17, 15) is 0 Å². The molecule has 0 aliphatic heterocycles. The third-order valence-corrected chi connectivity index (χ3v) is 2.97. The van der Waals surface area contributed by atoms with E-state index in [2.05, 4.69) is 10.1 Å². The lowest BCUT2D eigenvalue weighted by Gasteiger charge is -2.02. The first-order valence-electron chi connectivity index (χ1n) is 5.34. The first-order valence-corrected chi connectivity index (χ1v) is 5.72. The molecule has 0 saturated heterocycles. The Kier molecular flexibility index (Phi) is 2.53. The van der Waals surface area contributed by atoms with Crippen molar-refractivity contribution in [2.75, 3.05) is 0 Å². The fourth-order valence-corrected chi connectivity index (χ4v) is 2.12. The summed E-state index contributed by atoms with van der Waals surface area (Å²) in [6.45, 7) is 0.704. The highest BCUT2D eigenvalue weighted by atomic mass is 35.5. The van der Waals surface area contributed by atoms with Crippen LogP contribution in [0.15, 0.2) is 48.8 Å². The van der Waals surface area contributed by atoms with Crippen LogP contribution in [-0.4, -0.2) is 14.8 Å². The first kappa shape index (κ1) is 10.3. The lowest BCUT2D eigenvalue weighted by atomic mass is 10.2. The van der Waals surface area contributed by atoms with Gasteiger partial charge in [0, 0.05) is 17.8 Å². The molecule has 0 amide bonds. The molecular formula is C13H10ClN3. The fraction of sp³-hybridized carbons (Fsp3) is 0.0769. The Morgan fingerprint density at radius 1 is 1.06 bits per heavy atom. The van der Waals surface area contributed by atoms with Crippen molar-refractivity contribution in [3.8, 4) is 0 Å². The van der Waals surface area contributed by atoms with E-state index >= 15 is 0 Å². The Bertz CT molecular complexity index is 646. The zero-order valence-electron chi connectivity index (χ0n) is 9.05. The minimum absolute atomic E-state index is 0.551. The Morgan fingerprint density at radius 3 is 2.65 bits per heavy atom.